The second kappa shape index (κ2) is 7.61. The van der Waals surface area contributed by atoms with Crippen LogP contribution in [0.5, 0.6) is 5.75 Å². The predicted molar refractivity (Wildman–Crippen MR) is 85.2 cm³/mol. The zero-order valence-corrected chi connectivity index (χ0v) is 13.9. The smallest absolute Gasteiger partial charge is 0.410 e. The van der Waals surface area contributed by atoms with Crippen LogP contribution in [0.3, 0.4) is 0 Å². The summed E-state index contributed by atoms with van der Waals surface area (Å²) in [5.41, 5.74) is 6.05. The lowest BCUT2D eigenvalue weighted by molar-refractivity contribution is -0.0558. The first-order chi connectivity index (χ1) is 10.9. The molecule has 0 spiro atoms. The fraction of sp³-hybridized carbons (Fsp3) is 0.625. The summed E-state index contributed by atoms with van der Waals surface area (Å²) < 4.78 is 16.8. The largest absolute Gasteiger partial charge is 0.489 e. The van der Waals surface area contributed by atoms with Crippen LogP contribution in [0.25, 0.3) is 0 Å². The molecule has 1 fully saturated rings. The van der Waals surface area contributed by atoms with Crippen LogP contribution in [0.15, 0.2) is 18.5 Å². The zero-order valence-electron chi connectivity index (χ0n) is 13.9. The molecule has 0 aromatic carbocycles. The average Bonchev–Trinajstić information content (AvgIpc) is 2.52. The zero-order chi connectivity index (χ0) is 16.9. The molecule has 128 valence electrons. The molecule has 0 aliphatic carbocycles. The maximum atomic E-state index is 12.1. The number of hydrogen-bond acceptors (Lipinski definition) is 6. The van der Waals surface area contributed by atoms with Crippen molar-refractivity contribution in [2.24, 2.45) is 5.73 Å². The van der Waals surface area contributed by atoms with Crippen LogP contribution in [0, 0.1) is 0 Å². The van der Waals surface area contributed by atoms with Crippen molar-refractivity contribution in [1.29, 1.82) is 0 Å². The molecular weight excluding hydrogens is 298 g/mol. The topological polar surface area (TPSA) is 86.9 Å². The number of pyridine rings is 1. The molecule has 1 aromatic heterocycles. The highest BCUT2D eigenvalue weighted by Gasteiger charge is 2.28. The number of morpholine rings is 1. The minimum atomic E-state index is -0.507. The molecule has 0 radical (unpaired) electrons. The lowest BCUT2D eigenvalue weighted by atomic mass is 10.2. The van der Waals surface area contributed by atoms with Gasteiger partial charge in [0.1, 0.15) is 24.1 Å². The molecule has 7 heteroatoms. The summed E-state index contributed by atoms with van der Waals surface area (Å²) in [6.07, 6.45) is 2.78. The number of hydrogen-bond donors (Lipinski definition) is 1. The number of rotatable bonds is 4. The van der Waals surface area contributed by atoms with Crippen LogP contribution in [0.2, 0.25) is 0 Å². The van der Waals surface area contributed by atoms with Gasteiger partial charge in [-0.25, -0.2) is 4.79 Å². The number of nitrogens with zero attached hydrogens (tertiary/aromatic N) is 2. The maximum absolute atomic E-state index is 12.1. The average molecular weight is 323 g/mol. The Kier molecular flexibility index (Phi) is 5.79. The number of aromatic nitrogens is 1. The molecule has 1 aromatic rings. The van der Waals surface area contributed by atoms with Gasteiger partial charge in [0, 0.05) is 24.8 Å². The normalized spacial score (nSPS) is 18.6. The molecule has 1 aliphatic heterocycles. The van der Waals surface area contributed by atoms with Crippen molar-refractivity contribution in [2.45, 2.75) is 39.0 Å². The van der Waals surface area contributed by atoms with E-state index in [-0.39, 0.29) is 12.2 Å². The second-order valence-corrected chi connectivity index (χ2v) is 6.42. The van der Waals surface area contributed by atoms with Crippen molar-refractivity contribution in [3.8, 4) is 5.75 Å². The van der Waals surface area contributed by atoms with Crippen molar-refractivity contribution in [3.05, 3.63) is 24.0 Å². The number of amides is 1. The summed E-state index contributed by atoms with van der Waals surface area (Å²) in [6.45, 7) is 7.68. The van der Waals surface area contributed by atoms with E-state index in [0.717, 1.165) is 5.56 Å². The van der Waals surface area contributed by atoms with Gasteiger partial charge in [-0.1, -0.05) is 0 Å². The lowest BCUT2D eigenvalue weighted by Crippen LogP contribution is -2.49. The quantitative estimate of drug-likeness (QED) is 0.905. The van der Waals surface area contributed by atoms with Gasteiger partial charge in [0.15, 0.2) is 0 Å². The van der Waals surface area contributed by atoms with Gasteiger partial charge in [0.05, 0.1) is 19.3 Å². The highest BCUT2D eigenvalue weighted by atomic mass is 16.6. The Balaban J connectivity index is 1.88. The van der Waals surface area contributed by atoms with Crippen molar-refractivity contribution in [1.82, 2.24) is 9.88 Å². The van der Waals surface area contributed by atoms with Gasteiger partial charge in [-0.05, 0) is 26.8 Å². The Morgan fingerprint density at radius 1 is 1.52 bits per heavy atom. The Morgan fingerprint density at radius 3 is 3.00 bits per heavy atom. The van der Waals surface area contributed by atoms with Gasteiger partial charge in [-0.3, -0.25) is 4.98 Å². The summed E-state index contributed by atoms with van der Waals surface area (Å²) in [5, 5.41) is 0. The number of carbonyl (C=O) groups is 1. The molecule has 2 rings (SSSR count). The first-order valence-electron chi connectivity index (χ1n) is 7.74. The molecule has 1 amide bonds. The maximum Gasteiger partial charge on any atom is 0.410 e. The number of carbonyl (C=O) groups excluding carboxylic acids is 1. The Labute approximate surface area is 136 Å². The van der Waals surface area contributed by atoms with E-state index in [2.05, 4.69) is 4.98 Å². The molecule has 23 heavy (non-hydrogen) atoms. The fourth-order valence-corrected chi connectivity index (χ4v) is 2.20. The van der Waals surface area contributed by atoms with E-state index in [0.29, 0.717) is 38.6 Å². The molecule has 7 nitrogen and oxygen atoms in total. The van der Waals surface area contributed by atoms with Gasteiger partial charge in [-0.15, -0.1) is 0 Å². The van der Waals surface area contributed by atoms with Gasteiger partial charge in [-0.2, -0.15) is 0 Å². The number of nitrogens with two attached hydrogens (primary N) is 1. The van der Waals surface area contributed by atoms with E-state index in [1.54, 1.807) is 17.3 Å². The standard InChI is InChI=1S/C16H25N3O4/c1-16(2,3)23-15(20)19-6-7-21-13(10-19)11-22-14-9-18-5-4-12(14)8-17/h4-5,9,13H,6-8,10-11,17H2,1-3H3/t13-/m1/s1. The third kappa shape index (κ3) is 5.37. The second-order valence-electron chi connectivity index (χ2n) is 6.42. The molecule has 0 unspecified atom stereocenters. The predicted octanol–water partition coefficient (Wildman–Crippen LogP) is 1.55. The van der Waals surface area contributed by atoms with E-state index in [1.165, 1.54) is 0 Å². The minimum Gasteiger partial charge on any atom is -0.489 e. The highest BCUT2D eigenvalue weighted by molar-refractivity contribution is 5.68. The molecule has 1 saturated heterocycles. The molecule has 2 heterocycles. The monoisotopic (exact) mass is 323 g/mol. The van der Waals surface area contributed by atoms with Crippen molar-refractivity contribution in [3.63, 3.8) is 0 Å². The summed E-state index contributed by atoms with van der Waals surface area (Å²) in [6, 6.07) is 1.82. The van der Waals surface area contributed by atoms with E-state index in [9.17, 15) is 4.79 Å². The van der Waals surface area contributed by atoms with E-state index < -0.39 is 5.60 Å². The first kappa shape index (κ1) is 17.5. The molecule has 0 saturated carbocycles. The van der Waals surface area contributed by atoms with Crippen molar-refractivity contribution < 1.29 is 19.0 Å². The van der Waals surface area contributed by atoms with Crippen LogP contribution < -0.4 is 10.5 Å². The van der Waals surface area contributed by atoms with Gasteiger partial charge >= 0.3 is 6.09 Å². The molecule has 0 bridgehead atoms. The van der Waals surface area contributed by atoms with Crippen LogP contribution in [0.1, 0.15) is 26.3 Å². The molecule has 2 N–H and O–H groups in total. The van der Waals surface area contributed by atoms with Crippen LogP contribution in [-0.4, -0.2) is 54.0 Å². The lowest BCUT2D eigenvalue weighted by Gasteiger charge is -2.34. The van der Waals surface area contributed by atoms with Crippen LogP contribution in [0.4, 0.5) is 4.79 Å². The minimum absolute atomic E-state index is 0.206. The van der Waals surface area contributed by atoms with Gasteiger partial charge in [0.25, 0.3) is 0 Å². The van der Waals surface area contributed by atoms with Crippen LogP contribution >= 0.6 is 0 Å². The summed E-state index contributed by atoms with van der Waals surface area (Å²) in [5.74, 6) is 0.646. The summed E-state index contributed by atoms with van der Waals surface area (Å²) in [7, 11) is 0. The van der Waals surface area contributed by atoms with E-state index in [1.807, 2.05) is 26.8 Å². The summed E-state index contributed by atoms with van der Waals surface area (Å²) in [4.78, 5) is 17.8. The molecule has 1 atom stereocenters. The molecular formula is C16H25N3O4. The number of ether oxygens (including phenoxy) is 3. The highest BCUT2D eigenvalue weighted by Crippen LogP contribution is 2.17. The van der Waals surface area contributed by atoms with Gasteiger partial charge in [0.2, 0.25) is 0 Å². The van der Waals surface area contributed by atoms with Crippen LogP contribution in [-0.2, 0) is 16.0 Å². The van der Waals surface area contributed by atoms with Crippen molar-refractivity contribution >= 4 is 6.09 Å². The van der Waals surface area contributed by atoms with E-state index in [4.69, 9.17) is 19.9 Å². The third-order valence-corrected chi connectivity index (χ3v) is 3.31. The third-order valence-electron chi connectivity index (χ3n) is 3.31. The fourth-order valence-electron chi connectivity index (χ4n) is 2.20. The SMILES string of the molecule is CC(C)(C)OC(=O)N1CCO[C@@H](COc2cnccc2CN)C1. The Bertz CT molecular complexity index is 530. The van der Waals surface area contributed by atoms with Crippen molar-refractivity contribution in [2.75, 3.05) is 26.3 Å². The van der Waals surface area contributed by atoms with Gasteiger partial charge < -0.3 is 24.8 Å². The Morgan fingerprint density at radius 2 is 2.30 bits per heavy atom. The summed E-state index contributed by atoms with van der Waals surface area (Å²) >= 11 is 0. The first-order valence-corrected chi connectivity index (χ1v) is 7.74. The molecule has 1 aliphatic rings. The Hall–Kier alpha value is -1.86. The van der Waals surface area contributed by atoms with E-state index >= 15 is 0 Å².